The molecule has 3 N–H and O–H groups in total. The Hall–Kier alpha value is -1.92. The Morgan fingerprint density at radius 2 is 1.71 bits per heavy atom. The molecule has 3 nitrogen and oxygen atoms in total. The summed E-state index contributed by atoms with van der Waals surface area (Å²) in [6.07, 6.45) is -4.74. The van der Waals surface area contributed by atoms with Gasteiger partial charge in [-0.3, -0.25) is 0 Å². The number of halogens is 4. The zero-order valence-electron chi connectivity index (χ0n) is 10.6. The first kappa shape index (κ1) is 15.5. The quantitative estimate of drug-likeness (QED) is 0.900. The summed E-state index contributed by atoms with van der Waals surface area (Å²) in [4.78, 5) is 0. The Bertz CT molecular complexity index is 629. The van der Waals surface area contributed by atoms with Gasteiger partial charge >= 0.3 is 6.36 Å². The molecule has 0 saturated carbocycles. The zero-order valence-corrected chi connectivity index (χ0v) is 11.3. The fourth-order valence-electron chi connectivity index (χ4n) is 1.83. The largest absolute Gasteiger partial charge is 0.573 e. The summed E-state index contributed by atoms with van der Waals surface area (Å²) in [5.74, 6) is -0.378. The van der Waals surface area contributed by atoms with Crippen LogP contribution in [0.1, 0.15) is 17.2 Å². The summed E-state index contributed by atoms with van der Waals surface area (Å²) in [6, 6.07) is 8.80. The summed E-state index contributed by atoms with van der Waals surface area (Å²) >= 11 is 5.83. The molecule has 0 saturated heterocycles. The number of ether oxygens (including phenoxy) is 1. The highest BCUT2D eigenvalue weighted by Gasteiger charge is 2.31. The van der Waals surface area contributed by atoms with Crippen LogP contribution in [0.3, 0.4) is 0 Å². The predicted molar refractivity (Wildman–Crippen MR) is 72.3 cm³/mol. The van der Waals surface area contributed by atoms with Crippen LogP contribution in [0.25, 0.3) is 0 Å². The summed E-state index contributed by atoms with van der Waals surface area (Å²) in [5, 5.41) is 10.2. The van der Waals surface area contributed by atoms with Crippen LogP contribution in [-0.2, 0) is 0 Å². The van der Waals surface area contributed by atoms with Crippen molar-refractivity contribution in [3.05, 3.63) is 58.6 Å². The van der Waals surface area contributed by atoms with Gasteiger partial charge in [0.05, 0.1) is 6.04 Å². The molecule has 2 aromatic carbocycles. The number of aromatic hydroxyl groups is 1. The average molecular weight is 318 g/mol. The lowest BCUT2D eigenvalue weighted by Gasteiger charge is -2.15. The van der Waals surface area contributed by atoms with Gasteiger partial charge in [0.25, 0.3) is 0 Å². The lowest BCUT2D eigenvalue weighted by molar-refractivity contribution is -0.274. The highest BCUT2D eigenvalue weighted by Crippen LogP contribution is 2.31. The van der Waals surface area contributed by atoms with Gasteiger partial charge in [0.15, 0.2) is 0 Å². The zero-order chi connectivity index (χ0) is 15.6. The topological polar surface area (TPSA) is 55.5 Å². The van der Waals surface area contributed by atoms with E-state index < -0.39 is 12.4 Å². The fraction of sp³-hybridized carbons (Fsp3) is 0.143. The lowest BCUT2D eigenvalue weighted by atomic mass is 9.99. The lowest BCUT2D eigenvalue weighted by Crippen LogP contribution is -2.17. The van der Waals surface area contributed by atoms with Gasteiger partial charge in [-0.1, -0.05) is 23.7 Å². The number of benzene rings is 2. The van der Waals surface area contributed by atoms with Crippen molar-refractivity contribution in [1.82, 2.24) is 0 Å². The number of hydrogen-bond acceptors (Lipinski definition) is 3. The van der Waals surface area contributed by atoms with Crippen LogP contribution < -0.4 is 10.5 Å². The van der Waals surface area contributed by atoms with Gasteiger partial charge in [0, 0.05) is 10.6 Å². The van der Waals surface area contributed by atoms with Gasteiger partial charge in [0.2, 0.25) is 0 Å². The normalized spacial score (nSPS) is 13.0. The molecule has 0 aromatic heterocycles. The van der Waals surface area contributed by atoms with Crippen molar-refractivity contribution in [2.75, 3.05) is 0 Å². The minimum atomic E-state index is -4.74. The smallest absolute Gasteiger partial charge is 0.508 e. The van der Waals surface area contributed by atoms with E-state index in [0.29, 0.717) is 16.1 Å². The molecule has 7 heteroatoms. The second kappa shape index (κ2) is 5.83. The van der Waals surface area contributed by atoms with Crippen LogP contribution in [0, 0.1) is 0 Å². The number of hydrogen-bond donors (Lipinski definition) is 2. The van der Waals surface area contributed by atoms with E-state index in [1.807, 2.05) is 0 Å². The monoisotopic (exact) mass is 317 g/mol. The van der Waals surface area contributed by atoms with E-state index in [-0.39, 0.29) is 11.5 Å². The van der Waals surface area contributed by atoms with E-state index in [2.05, 4.69) is 4.74 Å². The second-order valence-corrected chi connectivity index (χ2v) is 4.73. The van der Waals surface area contributed by atoms with Crippen molar-refractivity contribution in [2.24, 2.45) is 5.73 Å². The molecule has 0 aliphatic carbocycles. The minimum Gasteiger partial charge on any atom is -0.508 e. The SMILES string of the molecule is N[C@@H](c1ccc(OC(F)(F)F)cc1)c1cc(Cl)ccc1O. The van der Waals surface area contributed by atoms with E-state index in [1.54, 1.807) is 0 Å². The molecule has 0 spiro atoms. The van der Waals surface area contributed by atoms with Crippen molar-refractivity contribution >= 4 is 11.6 Å². The summed E-state index contributed by atoms with van der Waals surface area (Å²) in [5.41, 5.74) is 6.88. The van der Waals surface area contributed by atoms with Crippen LogP contribution >= 0.6 is 11.6 Å². The van der Waals surface area contributed by atoms with Crippen LogP contribution in [0.2, 0.25) is 5.02 Å². The Labute approximate surface area is 123 Å². The Kier molecular flexibility index (Phi) is 4.29. The molecular weight excluding hydrogens is 307 g/mol. The van der Waals surface area contributed by atoms with Crippen molar-refractivity contribution in [3.63, 3.8) is 0 Å². The molecule has 21 heavy (non-hydrogen) atoms. The molecule has 1 atom stereocenters. The Morgan fingerprint density at radius 3 is 2.29 bits per heavy atom. The average Bonchev–Trinajstić information content (AvgIpc) is 2.40. The van der Waals surface area contributed by atoms with Crippen molar-refractivity contribution in [3.8, 4) is 11.5 Å². The maximum Gasteiger partial charge on any atom is 0.573 e. The molecule has 0 radical (unpaired) electrons. The molecule has 0 heterocycles. The second-order valence-electron chi connectivity index (χ2n) is 4.30. The van der Waals surface area contributed by atoms with Crippen LogP contribution in [0.5, 0.6) is 11.5 Å². The molecule has 0 bridgehead atoms. The van der Waals surface area contributed by atoms with Crippen LogP contribution in [0.4, 0.5) is 13.2 Å². The third-order valence-electron chi connectivity index (χ3n) is 2.80. The number of phenols is 1. The summed E-state index contributed by atoms with van der Waals surface area (Å²) < 4.78 is 40.0. The van der Waals surface area contributed by atoms with Crippen molar-refractivity contribution in [1.29, 1.82) is 0 Å². The molecular formula is C14H11ClF3NO2. The van der Waals surface area contributed by atoms with Gasteiger partial charge in [0.1, 0.15) is 11.5 Å². The van der Waals surface area contributed by atoms with Gasteiger partial charge in [-0.15, -0.1) is 13.2 Å². The molecule has 0 fully saturated rings. The molecule has 0 aliphatic rings. The summed E-state index contributed by atoms with van der Waals surface area (Å²) in [6.45, 7) is 0. The Balaban J connectivity index is 2.24. The van der Waals surface area contributed by atoms with Crippen LogP contribution in [0.15, 0.2) is 42.5 Å². The number of rotatable bonds is 3. The third-order valence-corrected chi connectivity index (χ3v) is 3.03. The summed E-state index contributed by atoms with van der Waals surface area (Å²) in [7, 11) is 0. The minimum absolute atomic E-state index is 0.0393. The molecule has 0 unspecified atom stereocenters. The third kappa shape index (κ3) is 4.03. The van der Waals surface area contributed by atoms with E-state index >= 15 is 0 Å². The van der Waals surface area contributed by atoms with Crippen molar-refractivity contribution < 1.29 is 23.0 Å². The maximum atomic E-state index is 12.1. The highest BCUT2D eigenvalue weighted by atomic mass is 35.5. The van der Waals surface area contributed by atoms with Gasteiger partial charge in [-0.25, -0.2) is 0 Å². The van der Waals surface area contributed by atoms with Gasteiger partial charge in [-0.2, -0.15) is 0 Å². The number of alkyl halides is 3. The highest BCUT2D eigenvalue weighted by molar-refractivity contribution is 6.30. The molecule has 0 amide bonds. The van der Waals surface area contributed by atoms with E-state index in [9.17, 15) is 18.3 Å². The number of nitrogens with two attached hydrogens (primary N) is 1. The first-order chi connectivity index (χ1) is 9.76. The Morgan fingerprint density at radius 1 is 1.10 bits per heavy atom. The molecule has 112 valence electrons. The van der Waals surface area contributed by atoms with E-state index in [4.69, 9.17) is 17.3 Å². The van der Waals surface area contributed by atoms with Crippen LogP contribution in [-0.4, -0.2) is 11.5 Å². The standard InChI is InChI=1S/C14H11ClF3NO2/c15-9-3-6-12(20)11(7-9)13(19)8-1-4-10(5-2-8)21-14(16,17)18/h1-7,13,20H,19H2/t13-/m0/s1. The van der Waals surface area contributed by atoms with E-state index in [0.717, 1.165) is 12.1 Å². The molecule has 2 aromatic rings. The van der Waals surface area contributed by atoms with Crippen molar-refractivity contribution in [2.45, 2.75) is 12.4 Å². The first-order valence-electron chi connectivity index (χ1n) is 5.86. The molecule has 2 rings (SSSR count). The maximum absolute atomic E-state index is 12.1. The first-order valence-corrected chi connectivity index (χ1v) is 6.24. The van der Waals surface area contributed by atoms with E-state index in [1.165, 1.54) is 30.3 Å². The van der Waals surface area contributed by atoms with Gasteiger partial charge < -0.3 is 15.6 Å². The predicted octanol–water partition coefficient (Wildman–Crippen LogP) is 3.99. The number of phenolic OH excluding ortho intramolecular Hbond substituents is 1. The molecule has 0 aliphatic heterocycles. The fourth-order valence-corrected chi connectivity index (χ4v) is 2.01. The van der Waals surface area contributed by atoms with Gasteiger partial charge in [-0.05, 0) is 35.9 Å².